The zero-order chi connectivity index (χ0) is 18.1. The summed E-state index contributed by atoms with van der Waals surface area (Å²) in [5.74, 6) is -0.129. The fourth-order valence-corrected chi connectivity index (χ4v) is 3.74. The SMILES string of the molecule is O=C(O)CN(CC1CC1)C1CC(NC(=O)Cc2[nH]nc3ccccc23)C1. The fourth-order valence-electron chi connectivity index (χ4n) is 3.74. The first kappa shape index (κ1) is 17.0. The number of aromatic amines is 1. The molecule has 0 saturated heterocycles. The molecule has 2 saturated carbocycles. The monoisotopic (exact) mass is 356 g/mol. The number of hydrogen-bond acceptors (Lipinski definition) is 4. The molecule has 7 heteroatoms. The van der Waals surface area contributed by atoms with Gasteiger partial charge in [-0.25, -0.2) is 0 Å². The van der Waals surface area contributed by atoms with Crippen molar-refractivity contribution in [3.8, 4) is 0 Å². The molecule has 0 bridgehead atoms. The lowest BCUT2D eigenvalue weighted by atomic mass is 9.85. The second kappa shape index (κ2) is 7.07. The number of fused-ring (bicyclic) bond motifs is 1. The van der Waals surface area contributed by atoms with Gasteiger partial charge in [0.25, 0.3) is 0 Å². The van der Waals surface area contributed by atoms with Gasteiger partial charge in [-0.15, -0.1) is 0 Å². The average Bonchev–Trinajstić information content (AvgIpc) is 3.29. The molecule has 1 heterocycles. The molecule has 0 spiro atoms. The zero-order valence-corrected chi connectivity index (χ0v) is 14.6. The Bertz CT molecular complexity index is 808. The first-order valence-electron chi connectivity index (χ1n) is 9.25. The van der Waals surface area contributed by atoms with Crippen molar-refractivity contribution in [2.24, 2.45) is 5.92 Å². The number of H-pyrrole nitrogens is 1. The summed E-state index contributed by atoms with van der Waals surface area (Å²) < 4.78 is 0. The third kappa shape index (κ3) is 3.88. The lowest BCUT2D eigenvalue weighted by Crippen LogP contribution is -2.55. The highest BCUT2D eigenvalue weighted by Gasteiger charge is 2.37. The molecule has 2 aromatic rings. The number of carboxylic acids is 1. The number of rotatable bonds is 8. The third-order valence-corrected chi connectivity index (χ3v) is 5.40. The van der Waals surface area contributed by atoms with Crippen LogP contribution in [0.15, 0.2) is 24.3 Å². The number of para-hydroxylation sites is 1. The lowest BCUT2D eigenvalue weighted by molar-refractivity contribution is -0.140. The minimum Gasteiger partial charge on any atom is -0.480 e. The highest BCUT2D eigenvalue weighted by molar-refractivity contribution is 5.87. The minimum atomic E-state index is -0.774. The van der Waals surface area contributed by atoms with Crippen molar-refractivity contribution in [3.63, 3.8) is 0 Å². The van der Waals surface area contributed by atoms with Crippen LogP contribution < -0.4 is 5.32 Å². The van der Waals surface area contributed by atoms with E-state index >= 15 is 0 Å². The van der Waals surface area contributed by atoms with Gasteiger partial charge < -0.3 is 10.4 Å². The maximum atomic E-state index is 12.3. The highest BCUT2D eigenvalue weighted by atomic mass is 16.4. The molecule has 0 atom stereocenters. The Morgan fingerprint density at radius 3 is 2.77 bits per heavy atom. The maximum absolute atomic E-state index is 12.3. The van der Waals surface area contributed by atoms with Crippen molar-refractivity contribution in [3.05, 3.63) is 30.0 Å². The van der Waals surface area contributed by atoms with Crippen LogP contribution in [0.25, 0.3) is 10.9 Å². The number of nitrogens with zero attached hydrogens (tertiary/aromatic N) is 2. The van der Waals surface area contributed by atoms with Crippen molar-refractivity contribution < 1.29 is 14.7 Å². The first-order valence-corrected chi connectivity index (χ1v) is 9.25. The van der Waals surface area contributed by atoms with E-state index < -0.39 is 5.97 Å². The normalized spacial score (nSPS) is 22.3. The van der Waals surface area contributed by atoms with Crippen molar-refractivity contribution in [2.45, 2.75) is 44.2 Å². The number of carbonyl (C=O) groups is 2. The van der Waals surface area contributed by atoms with Crippen LogP contribution in [-0.4, -0.2) is 57.3 Å². The largest absolute Gasteiger partial charge is 0.480 e. The molecule has 0 aliphatic heterocycles. The van der Waals surface area contributed by atoms with Crippen molar-refractivity contribution in [1.29, 1.82) is 0 Å². The molecule has 1 amide bonds. The Morgan fingerprint density at radius 1 is 1.27 bits per heavy atom. The second-order valence-corrected chi connectivity index (χ2v) is 7.55. The zero-order valence-electron chi connectivity index (χ0n) is 14.6. The van der Waals surface area contributed by atoms with E-state index in [4.69, 9.17) is 5.11 Å². The van der Waals surface area contributed by atoms with Crippen LogP contribution in [0.5, 0.6) is 0 Å². The Hall–Kier alpha value is -2.41. The van der Waals surface area contributed by atoms with Gasteiger partial charge in [0.2, 0.25) is 5.91 Å². The quantitative estimate of drug-likeness (QED) is 0.667. The molecular weight excluding hydrogens is 332 g/mol. The third-order valence-electron chi connectivity index (χ3n) is 5.40. The number of carboxylic acid groups (broad SMARTS) is 1. The number of hydrogen-bond donors (Lipinski definition) is 3. The van der Waals surface area contributed by atoms with Gasteiger partial charge in [-0.05, 0) is 37.7 Å². The topological polar surface area (TPSA) is 98.3 Å². The summed E-state index contributed by atoms with van der Waals surface area (Å²) in [6, 6.07) is 8.14. The summed E-state index contributed by atoms with van der Waals surface area (Å²) in [6.45, 7) is 0.972. The van der Waals surface area contributed by atoms with E-state index in [0.717, 1.165) is 36.0 Å². The molecule has 138 valence electrons. The average molecular weight is 356 g/mol. The fraction of sp³-hybridized carbons (Fsp3) is 0.526. The number of carbonyl (C=O) groups excluding carboxylic acids is 1. The van der Waals surface area contributed by atoms with E-state index in [1.165, 1.54) is 12.8 Å². The van der Waals surface area contributed by atoms with E-state index in [2.05, 4.69) is 20.4 Å². The Morgan fingerprint density at radius 2 is 2.04 bits per heavy atom. The molecule has 1 aromatic carbocycles. The number of aromatic nitrogens is 2. The summed E-state index contributed by atoms with van der Waals surface area (Å²) in [4.78, 5) is 25.5. The van der Waals surface area contributed by atoms with Gasteiger partial charge in [0.1, 0.15) is 0 Å². The molecule has 1 aromatic heterocycles. The molecule has 0 radical (unpaired) electrons. The molecule has 7 nitrogen and oxygen atoms in total. The first-order chi connectivity index (χ1) is 12.6. The van der Waals surface area contributed by atoms with E-state index in [1.54, 1.807) is 0 Å². The van der Waals surface area contributed by atoms with E-state index in [9.17, 15) is 9.59 Å². The summed E-state index contributed by atoms with van der Waals surface area (Å²) >= 11 is 0. The predicted molar refractivity (Wildman–Crippen MR) is 96.7 cm³/mol. The van der Waals surface area contributed by atoms with Gasteiger partial charge in [0.05, 0.1) is 24.2 Å². The van der Waals surface area contributed by atoms with Gasteiger partial charge in [-0.3, -0.25) is 19.6 Å². The maximum Gasteiger partial charge on any atom is 0.317 e. The Balaban J connectivity index is 1.27. The van der Waals surface area contributed by atoms with Crippen LogP contribution in [0, 0.1) is 5.92 Å². The molecule has 2 aliphatic rings. The summed E-state index contributed by atoms with van der Waals surface area (Å²) in [5, 5.41) is 20.3. The summed E-state index contributed by atoms with van der Waals surface area (Å²) in [5.41, 5.74) is 1.69. The number of amides is 1. The molecule has 0 unspecified atom stereocenters. The van der Waals surface area contributed by atoms with E-state index in [-0.39, 0.29) is 31.0 Å². The molecule has 26 heavy (non-hydrogen) atoms. The van der Waals surface area contributed by atoms with Crippen LogP contribution in [0.2, 0.25) is 0 Å². The number of benzene rings is 1. The van der Waals surface area contributed by atoms with Gasteiger partial charge in [0, 0.05) is 24.0 Å². The summed E-state index contributed by atoms with van der Waals surface area (Å²) in [6.07, 6.45) is 4.36. The lowest BCUT2D eigenvalue weighted by Gasteiger charge is -2.42. The second-order valence-electron chi connectivity index (χ2n) is 7.55. The van der Waals surface area contributed by atoms with Crippen molar-refractivity contribution in [1.82, 2.24) is 20.4 Å². The smallest absolute Gasteiger partial charge is 0.317 e. The van der Waals surface area contributed by atoms with Crippen LogP contribution in [-0.2, 0) is 16.0 Å². The molecule has 2 fully saturated rings. The standard InChI is InChI=1S/C19H24N4O3/c24-18(9-17-15-3-1-2-4-16(15)21-22-17)20-13-7-14(8-13)23(11-19(25)26)10-12-5-6-12/h1-4,12-14H,5-11H2,(H,20,24)(H,21,22)(H,25,26). The molecule has 4 rings (SSSR count). The van der Waals surface area contributed by atoms with Gasteiger partial charge in [-0.2, -0.15) is 5.10 Å². The van der Waals surface area contributed by atoms with Crippen LogP contribution in [0.3, 0.4) is 0 Å². The number of aliphatic carboxylic acids is 1. The van der Waals surface area contributed by atoms with Crippen molar-refractivity contribution >= 4 is 22.8 Å². The predicted octanol–water partition coefficient (Wildman–Crippen LogP) is 1.55. The van der Waals surface area contributed by atoms with Crippen molar-refractivity contribution in [2.75, 3.05) is 13.1 Å². The molecule has 3 N–H and O–H groups in total. The van der Waals surface area contributed by atoms with Gasteiger partial charge in [0.15, 0.2) is 0 Å². The Kier molecular flexibility index (Phi) is 4.63. The van der Waals surface area contributed by atoms with Gasteiger partial charge >= 0.3 is 5.97 Å². The highest BCUT2D eigenvalue weighted by Crippen LogP contribution is 2.33. The molecular formula is C19H24N4O3. The van der Waals surface area contributed by atoms with E-state index in [0.29, 0.717) is 5.92 Å². The van der Waals surface area contributed by atoms with Gasteiger partial charge in [-0.1, -0.05) is 18.2 Å². The van der Waals surface area contributed by atoms with Crippen LogP contribution in [0.1, 0.15) is 31.4 Å². The molecule has 2 aliphatic carbocycles. The number of nitrogens with one attached hydrogen (secondary N) is 2. The van der Waals surface area contributed by atoms with Crippen LogP contribution >= 0.6 is 0 Å². The summed E-state index contributed by atoms with van der Waals surface area (Å²) in [7, 11) is 0. The van der Waals surface area contributed by atoms with E-state index in [1.807, 2.05) is 24.3 Å². The Labute approximate surface area is 151 Å². The van der Waals surface area contributed by atoms with Crippen LogP contribution in [0.4, 0.5) is 0 Å². The minimum absolute atomic E-state index is 0.0187.